The smallest absolute Gasteiger partial charge is 0.335 e. The van der Waals surface area contributed by atoms with Crippen LogP contribution in [0.4, 0.5) is 11.4 Å². The summed E-state index contributed by atoms with van der Waals surface area (Å²) >= 11 is 1.53. The number of aromatic carboxylic acids is 1. The summed E-state index contributed by atoms with van der Waals surface area (Å²) in [7, 11) is 1.64. The van der Waals surface area contributed by atoms with Crippen molar-refractivity contribution >= 4 is 40.5 Å². The molecule has 0 saturated heterocycles. The van der Waals surface area contributed by atoms with E-state index in [1.807, 2.05) is 11.4 Å². The molecular formula is C24H23N3O6S. The van der Waals surface area contributed by atoms with E-state index in [2.05, 4.69) is 10.3 Å². The van der Waals surface area contributed by atoms with Gasteiger partial charge in [-0.25, -0.2) is 9.78 Å². The van der Waals surface area contributed by atoms with E-state index in [0.717, 1.165) is 16.3 Å². The normalized spacial score (nSPS) is 14.9. The number of aromatic nitrogens is 1. The van der Waals surface area contributed by atoms with Crippen LogP contribution in [0, 0.1) is 0 Å². The lowest BCUT2D eigenvalue weighted by Crippen LogP contribution is -2.47. The van der Waals surface area contributed by atoms with Crippen molar-refractivity contribution in [3.8, 4) is 17.0 Å². The first kappa shape index (κ1) is 23.4. The number of nitrogens with zero attached hydrogens (tertiary/aromatic N) is 2. The fourth-order valence-corrected chi connectivity index (χ4v) is 4.31. The van der Waals surface area contributed by atoms with E-state index in [0.29, 0.717) is 30.2 Å². The number of rotatable bonds is 8. The lowest BCUT2D eigenvalue weighted by atomic mass is 10.1. The van der Waals surface area contributed by atoms with Crippen molar-refractivity contribution in [3.63, 3.8) is 0 Å². The first-order valence-electron chi connectivity index (χ1n) is 10.5. The van der Waals surface area contributed by atoms with Gasteiger partial charge in [0.15, 0.2) is 6.10 Å². The zero-order valence-electron chi connectivity index (χ0n) is 18.6. The average molecular weight is 482 g/mol. The van der Waals surface area contributed by atoms with E-state index in [4.69, 9.17) is 14.6 Å². The highest BCUT2D eigenvalue weighted by molar-refractivity contribution is 7.09. The van der Waals surface area contributed by atoms with Gasteiger partial charge in [-0.2, -0.15) is 0 Å². The second-order valence-electron chi connectivity index (χ2n) is 7.67. The quantitative estimate of drug-likeness (QED) is 0.506. The van der Waals surface area contributed by atoms with Gasteiger partial charge in [0.05, 0.1) is 28.6 Å². The number of benzene rings is 2. The van der Waals surface area contributed by atoms with Gasteiger partial charge in [0.2, 0.25) is 5.91 Å². The molecule has 0 fully saturated rings. The number of hydrogen-bond donors (Lipinski definition) is 2. The first-order valence-corrected chi connectivity index (χ1v) is 11.4. The fraction of sp³-hybridized carbons (Fsp3) is 0.250. The molecule has 10 heteroatoms. The maximum atomic E-state index is 12.9. The molecule has 2 aromatic carbocycles. The summed E-state index contributed by atoms with van der Waals surface area (Å²) in [4.78, 5) is 42.7. The number of ether oxygens (including phenoxy) is 2. The highest BCUT2D eigenvalue weighted by Crippen LogP contribution is 2.37. The number of carbonyl (C=O) groups excluding carboxylic acids is 2. The Bertz CT molecular complexity index is 1220. The molecule has 0 spiro atoms. The SMILES string of the molecule is COCCc1nc(-c2ccc3c(c2)N(CC(=O)Nc2ccc(C(=O)O)cc2)C(=O)C(C)O3)cs1. The molecule has 3 aromatic rings. The number of carboxylic acid groups (broad SMARTS) is 1. The van der Waals surface area contributed by atoms with Crippen molar-refractivity contribution < 1.29 is 29.0 Å². The van der Waals surface area contributed by atoms with Gasteiger partial charge in [-0.15, -0.1) is 11.3 Å². The fourth-order valence-electron chi connectivity index (χ4n) is 3.52. The van der Waals surface area contributed by atoms with Crippen LogP contribution in [0.15, 0.2) is 47.8 Å². The maximum absolute atomic E-state index is 12.9. The van der Waals surface area contributed by atoms with Crippen LogP contribution in [0.25, 0.3) is 11.3 Å². The van der Waals surface area contributed by atoms with Crippen molar-refractivity contribution in [2.45, 2.75) is 19.4 Å². The Morgan fingerprint density at radius 1 is 1.24 bits per heavy atom. The molecule has 2 N–H and O–H groups in total. The second-order valence-corrected chi connectivity index (χ2v) is 8.61. The van der Waals surface area contributed by atoms with Gasteiger partial charge >= 0.3 is 5.97 Å². The minimum Gasteiger partial charge on any atom is -0.479 e. The van der Waals surface area contributed by atoms with E-state index < -0.39 is 18.0 Å². The lowest BCUT2D eigenvalue weighted by Gasteiger charge is -2.32. The molecule has 1 aromatic heterocycles. The molecule has 1 unspecified atom stereocenters. The summed E-state index contributed by atoms with van der Waals surface area (Å²) in [6, 6.07) is 11.2. The number of fused-ring (bicyclic) bond motifs is 1. The largest absolute Gasteiger partial charge is 0.479 e. The van der Waals surface area contributed by atoms with Crippen LogP contribution in [0.3, 0.4) is 0 Å². The van der Waals surface area contributed by atoms with Gasteiger partial charge in [-0.3, -0.25) is 14.5 Å². The summed E-state index contributed by atoms with van der Waals surface area (Å²) in [6.45, 7) is 2.00. The van der Waals surface area contributed by atoms with Crippen molar-refractivity contribution in [2.75, 3.05) is 30.5 Å². The Balaban J connectivity index is 1.55. The third-order valence-corrected chi connectivity index (χ3v) is 6.16. The average Bonchev–Trinajstić information content (AvgIpc) is 3.30. The minimum atomic E-state index is -1.05. The van der Waals surface area contributed by atoms with Gasteiger partial charge in [0.1, 0.15) is 12.3 Å². The molecule has 34 heavy (non-hydrogen) atoms. The Morgan fingerprint density at radius 2 is 2.00 bits per heavy atom. The van der Waals surface area contributed by atoms with Crippen molar-refractivity contribution in [3.05, 3.63) is 58.4 Å². The molecule has 9 nitrogen and oxygen atoms in total. The third kappa shape index (κ3) is 5.08. The van der Waals surface area contributed by atoms with Gasteiger partial charge < -0.3 is 19.9 Å². The first-order chi connectivity index (χ1) is 16.4. The Labute approximate surface area is 199 Å². The predicted molar refractivity (Wildman–Crippen MR) is 128 cm³/mol. The van der Waals surface area contributed by atoms with Crippen molar-refractivity contribution in [1.29, 1.82) is 0 Å². The number of carbonyl (C=O) groups is 3. The number of thiazole rings is 1. The molecule has 1 atom stereocenters. The van der Waals surface area contributed by atoms with Crippen molar-refractivity contribution in [2.24, 2.45) is 0 Å². The molecule has 2 heterocycles. The summed E-state index contributed by atoms with van der Waals surface area (Å²) in [5, 5.41) is 14.6. The number of methoxy groups -OCH3 is 1. The van der Waals surface area contributed by atoms with Gasteiger partial charge in [-0.05, 0) is 49.4 Å². The van der Waals surface area contributed by atoms with E-state index in [9.17, 15) is 14.4 Å². The highest BCUT2D eigenvalue weighted by Gasteiger charge is 2.33. The molecule has 2 amide bonds. The molecule has 1 aliphatic heterocycles. The summed E-state index contributed by atoms with van der Waals surface area (Å²) < 4.78 is 10.9. The Morgan fingerprint density at radius 3 is 2.71 bits per heavy atom. The molecule has 4 rings (SSSR count). The van der Waals surface area contributed by atoms with Crippen LogP contribution < -0.4 is 15.0 Å². The van der Waals surface area contributed by atoms with Crippen LogP contribution in [-0.2, 0) is 20.7 Å². The summed E-state index contributed by atoms with van der Waals surface area (Å²) in [6.07, 6.45) is -0.0220. The Kier molecular flexibility index (Phi) is 6.90. The summed E-state index contributed by atoms with van der Waals surface area (Å²) in [5.41, 5.74) is 2.61. The number of nitrogens with one attached hydrogen (secondary N) is 1. The standard InChI is InChI=1S/C24H23N3O6S/c1-14-23(29)27(12-21(28)25-17-6-3-15(4-7-17)24(30)31)19-11-16(5-8-20(19)33-14)18-13-34-22(26-18)9-10-32-2/h3-8,11,13-14H,9-10,12H2,1-2H3,(H,25,28)(H,30,31). The molecular weight excluding hydrogens is 458 g/mol. The molecule has 176 valence electrons. The van der Waals surface area contributed by atoms with Crippen LogP contribution in [0.2, 0.25) is 0 Å². The zero-order chi connectivity index (χ0) is 24.2. The molecule has 0 bridgehead atoms. The monoisotopic (exact) mass is 481 g/mol. The minimum absolute atomic E-state index is 0.115. The predicted octanol–water partition coefficient (Wildman–Crippen LogP) is 3.45. The highest BCUT2D eigenvalue weighted by atomic mass is 32.1. The number of amides is 2. The van der Waals surface area contributed by atoms with Gasteiger partial charge in [0.25, 0.3) is 5.91 Å². The number of carboxylic acids is 1. The zero-order valence-corrected chi connectivity index (χ0v) is 19.4. The number of hydrogen-bond acceptors (Lipinski definition) is 7. The van der Waals surface area contributed by atoms with Crippen LogP contribution in [0.1, 0.15) is 22.3 Å². The molecule has 1 aliphatic rings. The van der Waals surface area contributed by atoms with E-state index in [1.165, 1.54) is 40.5 Å². The topological polar surface area (TPSA) is 118 Å². The second kappa shape index (κ2) is 10.0. The molecule has 0 saturated carbocycles. The third-order valence-electron chi connectivity index (χ3n) is 5.25. The Hall–Kier alpha value is -3.76. The number of anilines is 2. The van der Waals surface area contributed by atoms with Crippen LogP contribution >= 0.6 is 11.3 Å². The van der Waals surface area contributed by atoms with Crippen molar-refractivity contribution in [1.82, 2.24) is 4.98 Å². The van der Waals surface area contributed by atoms with E-state index in [1.54, 1.807) is 26.2 Å². The van der Waals surface area contributed by atoms with E-state index in [-0.39, 0.29) is 18.0 Å². The van der Waals surface area contributed by atoms with Crippen LogP contribution in [-0.4, -0.2) is 54.2 Å². The van der Waals surface area contributed by atoms with Gasteiger partial charge in [-0.1, -0.05) is 0 Å². The van der Waals surface area contributed by atoms with Crippen LogP contribution in [0.5, 0.6) is 5.75 Å². The van der Waals surface area contributed by atoms with E-state index >= 15 is 0 Å². The molecule has 0 radical (unpaired) electrons. The molecule has 0 aliphatic carbocycles. The lowest BCUT2D eigenvalue weighted by molar-refractivity contribution is -0.127. The summed E-state index contributed by atoms with van der Waals surface area (Å²) in [5.74, 6) is -1.30. The maximum Gasteiger partial charge on any atom is 0.335 e. The van der Waals surface area contributed by atoms with Gasteiger partial charge in [0, 0.05) is 30.2 Å².